The minimum Gasteiger partial charge on any atom is -0.325 e. The number of rotatable bonds is 5. The fourth-order valence-electron chi connectivity index (χ4n) is 2.08. The molecule has 1 unspecified atom stereocenters. The average molecular weight is 338 g/mol. The molecule has 0 aliphatic heterocycles. The van der Waals surface area contributed by atoms with Crippen molar-refractivity contribution in [2.45, 2.75) is 31.3 Å². The SMILES string of the molecule is CC(C)S(=O)(=O)C(C)C(=O)Nc1ccc(F)c(-n2cccc2)c1. The summed E-state index contributed by atoms with van der Waals surface area (Å²) in [5.41, 5.74) is 0.609. The van der Waals surface area contributed by atoms with Crippen LogP contribution >= 0.6 is 0 Å². The number of halogens is 1. The number of carbonyl (C=O) groups is 1. The number of aromatic nitrogens is 1. The second-order valence-electron chi connectivity index (χ2n) is 5.53. The molecule has 1 amide bonds. The number of benzene rings is 1. The number of sulfone groups is 1. The van der Waals surface area contributed by atoms with E-state index in [4.69, 9.17) is 0 Å². The summed E-state index contributed by atoms with van der Waals surface area (Å²) in [6.45, 7) is 4.41. The Morgan fingerprint density at radius 3 is 2.35 bits per heavy atom. The Labute approximate surface area is 135 Å². The molecule has 2 aromatic rings. The zero-order chi connectivity index (χ0) is 17.2. The summed E-state index contributed by atoms with van der Waals surface area (Å²) < 4.78 is 39.6. The summed E-state index contributed by atoms with van der Waals surface area (Å²) in [6, 6.07) is 7.59. The van der Waals surface area contributed by atoms with Crippen molar-refractivity contribution in [3.8, 4) is 5.69 Å². The summed E-state index contributed by atoms with van der Waals surface area (Å²) >= 11 is 0. The van der Waals surface area contributed by atoms with Gasteiger partial charge in [-0.2, -0.15) is 0 Å². The van der Waals surface area contributed by atoms with Gasteiger partial charge >= 0.3 is 0 Å². The molecule has 0 saturated carbocycles. The van der Waals surface area contributed by atoms with Gasteiger partial charge in [0.1, 0.15) is 11.1 Å². The Balaban J connectivity index is 2.24. The lowest BCUT2D eigenvalue weighted by Gasteiger charge is -2.16. The second-order valence-corrected chi connectivity index (χ2v) is 8.35. The van der Waals surface area contributed by atoms with Crippen LogP contribution in [0.4, 0.5) is 10.1 Å². The van der Waals surface area contributed by atoms with Gasteiger partial charge in [0.15, 0.2) is 9.84 Å². The van der Waals surface area contributed by atoms with Gasteiger partial charge < -0.3 is 9.88 Å². The molecule has 0 aliphatic rings. The maximum Gasteiger partial charge on any atom is 0.242 e. The Bertz CT molecular complexity index is 799. The first-order valence-electron chi connectivity index (χ1n) is 7.20. The first kappa shape index (κ1) is 17.2. The Hall–Kier alpha value is -2.15. The molecule has 0 bridgehead atoms. The van der Waals surface area contributed by atoms with Crippen molar-refractivity contribution < 1.29 is 17.6 Å². The fourth-order valence-corrected chi connectivity index (χ4v) is 3.26. The first-order valence-corrected chi connectivity index (χ1v) is 8.81. The van der Waals surface area contributed by atoms with Gasteiger partial charge in [0, 0.05) is 18.1 Å². The van der Waals surface area contributed by atoms with E-state index in [0.717, 1.165) is 0 Å². The number of nitrogens with zero attached hydrogens (tertiary/aromatic N) is 1. The van der Waals surface area contributed by atoms with Gasteiger partial charge in [0.2, 0.25) is 5.91 Å². The van der Waals surface area contributed by atoms with Crippen molar-refractivity contribution in [1.82, 2.24) is 4.57 Å². The molecule has 23 heavy (non-hydrogen) atoms. The van der Waals surface area contributed by atoms with Crippen molar-refractivity contribution in [3.05, 3.63) is 48.5 Å². The average Bonchev–Trinajstić information content (AvgIpc) is 3.02. The quantitative estimate of drug-likeness (QED) is 0.911. The highest BCUT2D eigenvalue weighted by Gasteiger charge is 2.30. The lowest BCUT2D eigenvalue weighted by atomic mass is 10.2. The molecule has 1 N–H and O–H groups in total. The van der Waals surface area contributed by atoms with Crippen LogP contribution in [-0.4, -0.2) is 29.4 Å². The molecule has 0 spiro atoms. The van der Waals surface area contributed by atoms with Crippen molar-refractivity contribution in [1.29, 1.82) is 0 Å². The predicted octanol–water partition coefficient (Wildman–Crippen LogP) is 2.77. The van der Waals surface area contributed by atoms with Gasteiger partial charge in [0.05, 0.1) is 10.9 Å². The van der Waals surface area contributed by atoms with Crippen LogP contribution in [0.5, 0.6) is 0 Å². The Morgan fingerprint density at radius 1 is 1.17 bits per heavy atom. The second kappa shape index (κ2) is 6.54. The van der Waals surface area contributed by atoms with Crippen LogP contribution in [0, 0.1) is 5.82 Å². The molecule has 2 rings (SSSR count). The van der Waals surface area contributed by atoms with E-state index < -0.39 is 32.1 Å². The molecule has 0 radical (unpaired) electrons. The highest BCUT2D eigenvalue weighted by molar-refractivity contribution is 7.93. The van der Waals surface area contributed by atoms with E-state index in [-0.39, 0.29) is 5.69 Å². The van der Waals surface area contributed by atoms with E-state index in [2.05, 4.69) is 5.32 Å². The van der Waals surface area contributed by atoms with Crippen LogP contribution in [0.1, 0.15) is 20.8 Å². The van der Waals surface area contributed by atoms with Crippen LogP contribution in [0.2, 0.25) is 0 Å². The Morgan fingerprint density at radius 2 is 1.78 bits per heavy atom. The van der Waals surface area contributed by atoms with Crippen LogP contribution in [-0.2, 0) is 14.6 Å². The van der Waals surface area contributed by atoms with E-state index in [9.17, 15) is 17.6 Å². The van der Waals surface area contributed by atoms with Crippen molar-refractivity contribution in [2.75, 3.05) is 5.32 Å². The first-order chi connectivity index (χ1) is 10.7. The molecule has 124 valence electrons. The third-order valence-corrected chi connectivity index (χ3v) is 6.13. The number of hydrogen-bond acceptors (Lipinski definition) is 3. The topological polar surface area (TPSA) is 68.2 Å². The van der Waals surface area contributed by atoms with Gasteiger partial charge in [-0.05, 0) is 51.1 Å². The van der Waals surface area contributed by atoms with Crippen molar-refractivity contribution in [2.24, 2.45) is 0 Å². The molecule has 5 nitrogen and oxygen atoms in total. The molecule has 7 heteroatoms. The van der Waals surface area contributed by atoms with E-state index in [1.165, 1.54) is 39.0 Å². The number of anilines is 1. The number of hydrogen-bond donors (Lipinski definition) is 1. The van der Waals surface area contributed by atoms with Gasteiger partial charge in [-0.1, -0.05) is 0 Å². The minimum atomic E-state index is -3.55. The zero-order valence-corrected chi connectivity index (χ0v) is 14.0. The molecule has 1 atom stereocenters. The zero-order valence-electron chi connectivity index (χ0n) is 13.2. The maximum atomic E-state index is 13.9. The number of nitrogens with one attached hydrogen (secondary N) is 1. The van der Waals surface area contributed by atoms with Crippen molar-refractivity contribution in [3.63, 3.8) is 0 Å². The molecular weight excluding hydrogens is 319 g/mol. The van der Waals surface area contributed by atoms with Gasteiger partial charge in [-0.15, -0.1) is 0 Å². The van der Waals surface area contributed by atoms with Crippen molar-refractivity contribution >= 4 is 21.4 Å². The number of amides is 1. The molecule has 0 aliphatic carbocycles. The Kier molecular flexibility index (Phi) is 4.89. The van der Waals surface area contributed by atoms with E-state index in [0.29, 0.717) is 5.69 Å². The van der Waals surface area contributed by atoms with Gasteiger partial charge in [-0.3, -0.25) is 4.79 Å². The highest BCUT2D eigenvalue weighted by atomic mass is 32.2. The highest BCUT2D eigenvalue weighted by Crippen LogP contribution is 2.20. The van der Waals surface area contributed by atoms with Gasteiger partial charge in [-0.25, -0.2) is 12.8 Å². The predicted molar refractivity (Wildman–Crippen MR) is 87.9 cm³/mol. The van der Waals surface area contributed by atoms with E-state index in [1.54, 1.807) is 29.1 Å². The minimum absolute atomic E-state index is 0.271. The van der Waals surface area contributed by atoms with Gasteiger partial charge in [0.25, 0.3) is 0 Å². The van der Waals surface area contributed by atoms with Crippen LogP contribution < -0.4 is 5.32 Å². The molecule has 0 fully saturated rings. The monoisotopic (exact) mass is 338 g/mol. The normalized spacial score (nSPS) is 13.1. The molecule has 1 heterocycles. The molecular formula is C16H19FN2O3S. The van der Waals surface area contributed by atoms with Crippen LogP contribution in [0.15, 0.2) is 42.7 Å². The van der Waals surface area contributed by atoms with Crippen LogP contribution in [0.25, 0.3) is 5.69 Å². The molecule has 1 aromatic carbocycles. The fraction of sp³-hybridized carbons (Fsp3) is 0.312. The number of carbonyl (C=O) groups excluding carboxylic acids is 1. The van der Waals surface area contributed by atoms with E-state index >= 15 is 0 Å². The third-order valence-electron chi connectivity index (χ3n) is 3.62. The smallest absolute Gasteiger partial charge is 0.242 e. The lowest BCUT2D eigenvalue weighted by Crippen LogP contribution is -2.36. The third kappa shape index (κ3) is 3.61. The maximum absolute atomic E-state index is 13.9. The van der Waals surface area contributed by atoms with Crippen LogP contribution in [0.3, 0.4) is 0 Å². The summed E-state index contributed by atoms with van der Waals surface area (Å²) in [4.78, 5) is 12.2. The largest absolute Gasteiger partial charge is 0.325 e. The standard InChI is InChI=1S/C16H19FN2O3S/c1-11(2)23(21,22)12(3)16(20)18-13-6-7-14(17)15(10-13)19-8-4-5-9-19/h4-12H,1-3H3,(H,18,20). The molecule has 1 aromatic heterocycles. The van der Waals surface area contributed by atoms with E-state index in [1.807, 2.05) is 0 Å². The summed E-state index contributed by atoms with van der Waals surface area (Å²) in [6.07, 6.45) is 3.35. The molecule has 0 saturated heterocycles. The summed E-state index contributed by atoms with van der Waals surface area (Å²) in [5, 5.41) is 0.710. The lowest BCUT2D eigenvalue weighted by molar-refractivity contribution is -0.115. The summed E-state index contributed by atoms with van der Waals surface area (Å²) in [5.74, 6) is -1.08. The summed E-state index contributed by atoms with van der Waals surface area (Å²) in [7, 11) is -3.55.